The summed E-state index contributed by atoms with van der Waals surface area (Å²) in [7, 11) is 1.87. The van der Waals surface area contributed by atoms with E-state index >= 15 is 0 Å². The molecule has 0 spiro atoms. The van der Waals surface area contributed by atoms with Crippen molar-refractivity contribution >= 4 is 11.4 Å². The van der Waals surface area contributed by atoms with Crippen LogP contribution >= 0.6 is 0 Å². The third kappa shape index (κ3) is 4.93. The van der Waals surface area contributed by atoms with Gasteiger partial charge >= 0.3 is 11.9 Å². The Labute approximate surface area is 233 Å². The van der Waals surface area contributed by atoms with E-state index < -0.39 is 29.0 Å². The van der Waals surface area contributed by atoms with Crippen molar-refractivity contribution in [2.45, 2.75) is 56.8 Å². The van der Waals surface area contributed by atoms with Gasteiger partial charge in [-0.3, -0.25) is 13.8 Å². The number of aryl methyl sites for hydroxylation is 1. The van der Waals surface area contributed by atoms with Gasteiger partial charge in [0, 0.05) is 38.4 Å². The van der Waals surface area contributed by atoms with Crippen LogP contribution in [0.25, 0.3) is 11.2 Å². The normalized spacial score (nSPS) is 18.4. The number of benzene rings is 1. The summed E-state index contributed by atoms with van der Waals surface area (Å²) in [6.07, 6.45) is 2.46. The zero-order valence-electron chi connectivity index (χ0n) is 22.7. The van der Waals surface area contributed by atoms with Crippen LogP contribution in [-0.2, 0) is 13.2 Å². The maximum absolute atomic E-state index is 14.3. The Morgan fingerprint density at radius 1 is 1.12 bits per heavy atom. The third-order valence-electron chi connectivity index (χ3n) is 8.57. The van der Waals surface area contributed by atoms with Crippen molar-refractivity contribution in [3.05, 3.63) is 82.1 Å². The molecule has 8 nitrogen and oxygen atoms in total. The molecule has 2 aliphatic rings. The summed E-state index contributed by atoms with van der Waals surface area (Å²) in [5.74, 6) is 0.388. The lowest BCUT2D eigenvalue weighted by Gasteiger charge is -2.34. The fraction of sp³-hybridized carbons (Fsp3) is 0.448. The van der Waals surface area contributed by atoms with Gasteiger partial charge in [-0.1, -0.05) is 18.6 Å². The van der Waals surface area contributed by atoms with E-state index in [0.29, 0.717) is 11.6 Å². The van der Waals surface area contributed by atoms with Crippen LogP contribution in [-0.4, -0.2) is 53.3 Å². The molecule has 2 fully saturated rings. The quantitative estimate of drug-likeness (QED) is 0.312. The first-order chi connectivity index (χ1) is 19.4. The smallest absolute Gasteiger partial charge is 0.338 e. The molecule has 1 saturated heterocycles. The van der Waals surface area contributed by atoms with Crippen LogP contribution < -0.4 is 5.69 Å². The van der Waals surface area contributed by atoms with Crippen molar-refractivity contribution in [3.8, 4) is 5.69 Å². The van der Waals surface area contributed by atoms with Crippen LogP contribution in [0.2, 0.25) is 0 Å². The summed E-state index contributed by atoms with van der Waals surface area (Å²) >= 11 is 0. The number of piperidine rings is 1. The van der Waals surface area contributed by atoms with Crippen molar-refractivity contribution in [2.24, 2.45) is 13.0 Å². The summed E-state index contributed by atoms with van der Waals surface area (Å²) in [4.78, 5) is 28.1. The summed E-state index contributed by atoms with van der Waals surface area (Å²) in [5, 5.41) is 8.35. The molecule has 0 radical (unpaired) electrons. The molecular formula is C29H30F4N6O2. The lowest BCUT2D eigenvalue weighted by molar-refractivity contribution is -0.136. The highest BCUT2D eigenvalue weighted by Gasteiger charge is 2.37. The molecule has 1 aliphatic heterocycles. The van der Waals surface area contributed by atoms with Gasteiger partial charge in [0.25, 0.3) is 5.91 Å². The first kappa shape index (κ1) is 27.2. The molecule has 216 valence electrons. The maximum Gasteiger partial charge on any atom is 0.418 e. The maximum atomic E-state index is 14.3. The predicted molar refractivity (Wildman–Crippen MR) is 143 cm³/mol. The Bertz CT molecular complexity index is 1670. The Morgan fingerprint density at radius 3 is 2.46 bits per heavy atom. The van der Waals surface area contributed by atoms with Crippen molar-refractivity contribution < 1.29 is 22.4 Å². The zero-order chi connectivity index (χ0) is 29.1. The fourth-order valence-electron chi connectivity index (χ4n) is 5.92. The van der Waals surface area contributed by atoms with E-state index in [9.17, 15) is 27.2 Å². The number of aromatic nitrogens is 5. The van der Waals surface area contributed by atoms with E-state index in [-0.39, 0.29) is 42.9 Å². The highest BCUT2D eigenvalue weighted by atomic mass is 19.4. The molecule has 0 bridgehead atoms. The van der Waals surface area contributed by atoms with Crippen LogP contribution in [0.1, 0.15) is 72.3 Å². The summed E-state index contributed by atoms with van der Waals surface area (Å²) in [6.45, 7) is 1.62. The number of likely N-dealkylation sites (tertiary alicyclic amines) is 1. The number of nitrogens with zero attached hydrogens (tertiary/aromatic N) is 6. The first-order valence-electron chi connectivity index (χ1n) is 13.7. The van der Waals surface area contributed by atoms with Crippen molar-refractivity contribution in [2.75, 3.05) is 13.1 Å². The van der Waals surface area contributed by atoms with Crippen LogP contribution in [0.4, 0.5) is 17.6 Å². The fourth-order valence-corrected chi connectivity index (χ4v) is 5.92. The molecule has 0 unspecified atom stereocenters. The average Bonchev–Trinajstić information content (AvgIpc) is 3.47. The van der Waals surface area contributed by atoms with Gasteiger partial charge in [-0.15, -0.1) is 10.2 Å². The molecular weight excluding hydrogens is 540 g/mol. The van der Waals surface area contributed by atoms with E-state index in [2.05, 4.69) is 10.2 Å². The standard InChI is InChI=1S/C29H30F4N6O2/c1-28(30)9-11-37(12-10-28)26(40)20-14-22(29(31,32)33)23-16-38(27(41)39(23)15-20)21-8-4-7-19(13-21)24(18-5-3-6-18)25-35-34-17-36(25)2/h4,7-8,13-18,24H,3,5-6,9-12H2,1-2H3/t24-/m1/s1. The Hall–Kier alpha value is -3.96. The van der Waals surface area contributed by atoms with Crippen LogP contribution in [0.3, 0.4) is 0 Å². The number of halogens is 4. The first-order valence-corrected chi connectivity index (χ1v) is 13.7. The predicted octanol–water partition coefficient (Wildman–Crippen LogP) is 5.13. The molecule has 0 N–H and O–H groups in total. The summed E-state index contributed by atoms with van der Waals surface area (Å²) in [5.41, 5.74) is -2.58. The summed E-state index contributed by atoms with van der Waals surface area (Å²) < 4.78 is 60.9. The van der Waals surface area contributed by atoms with Crippen molar-refractivity contribution in [3.63, 3.8) is 0 Å². The summed E-state index contributed by atoms with van der Waals surface area (Å²) in [6, 6.07) is 7.96. The molecule has 12 heteroatoms. The minimum atomic E-state index is -4.82. The van der Waals surface area contributed by atoms with Gasteiger partial charge in [0.15, 0.2) is 0 Å². The molecule has 1 atom stereocenters. The van der Waals surface area contributed by atoms with E-state index in [1.54, 1.807) is 24.5 Å². The number of amides is 1. The van der Waals surface area contributed by atoms with Crippen molar-refractivity contribution in [1.29, 1.82) is 0 Å². The Morgan fingerprint density at radius 2 is 1.85 bits per heavy atom. The molecule has 1 aliphatic carbocycles. The van der Waals surface area contributed by atoms with Crippen LogP contribution in [0.5, 0.6) is 0 Å². The van der Waals surface area contributed by atoms with Crippen LogP contribution in [0.15, 0.2) is 53.8 Å². The van der Waals surface area contributed by atoms with E-state index in [4.69, 9.17) is 0 Å². The Balaban J connectivity index is 1.43. The van der Waals surface area contributed by atoms with Gasteiger partial charge in [0.05, 0.1) is 22.3 Å². The van der Waals surface area contributed by atoms with Gasteiger partial charge in [-0.25, -0.2) is 9.18 Å². The average molecular weight is 571 g/mol. The number of fused-ring (bicyclic) bond motifs is 1. The van der Waals surface area contributed by atoms with E-state index in [1.807, 2.05) is 17.7 Å². The SMILES string of the molecule is Cn1cnnc1[C@@H](c1cccc(-n2cc3c(C(F)(F)F)cc(C(=O)N4CCC(C)(F)CC4)cn3c2=O)c1)C1CCC1. The van der Waals surface area contributed by atoms with Crippen molar-refractivity contribution in [1.82, 2.24) is 28.6 Å². The zero-order valence-corrected chi connectivity index (χ0v) is 22.7. The molecule has 4 heterocycles. The number of imidazole rings is 1. The molecule has 4 aromatic rings. The van der Waals surface area contributed by atoms with E-state index in [1.165, 1.54) is 16.4 Å². The number of rotatable bonds is 5. The van der Waals surface area contributed by atoms with E-state index in [0.717, 1.165) is 53.5 Å². The second-order valence-electron chi connectivity index (χ2n) is 11.4. The number of hydrogen-bond donors (Lipinski definition) is 0. The number of carbonyl (C=O) groups is 1. The number of pyridine rings is 1. The van der Waals surface area contributed by atoms with Gasteiger partial charge in [-0.2, -0.15) is 13.2 Å². The second-order valence-corrected chi connectivity index (χ2v) is 11.4. The number of hydrogen-bond acceptors (Lipinski definition) is 4. The topological polar surface area (TPSA) is 77.4 Å². The highest BCUT2D eigenvalue weighted by Crippen LogP contribution is 2.43. The number of carbonyl (C=O) groups excluding carboxylic acids is 1. The lowest BCUT2D eigenvalue weighted by Crippen LogP contribution is -2.43. The third-order valence-corrected chi connectivity index (χ3v) is 8.57. The van der Waals surface area contributed by atoms with Gasteiger partial charge in [-0.05, 0) is 62.3 Å². The van der Waals surface area contributed by atoms with Gasteiger partial charge < -0.3 is 9.47 Å². The van der Waals surface area contributed by atoms with Gasteiger partial charge in [0.2, 0.25) is 0 Å². The molecule has 1 amide bonds. The molecule has 1 saturated carbocycles. The minimum absolute atomic E-state index is 0.0744. The Kier molecular flexibility index (Phi) is 6.54. The largest absolute Gasteiger partial charge is 0.418 e. The molecule has 41 heavy (non-hydrogen) atoms. The second kappa shape index (κ2) is 9.85. The molecule has 3 aromatic heterocycles. The van der Waals surface area contributed by atoms with Gasteiger partial charge in [0.1, 0.15) is 17.8 Å². The minimum Gasteiger partial charge on any atom is -0.338 e. The number of alkyl halides is 4. The molecule has 6 rings (SSSR count). The van der Waals surface area contributed by atoms with Crippen LogP contribution in [0, 0.1) is 5.92 Å². The molecule has 1 aromatic carbocycles. The lowest BCUT2D eigenvalue weighted by atomic mass is 9.72. The highest BCUT2D eigenvalue weighted by molar-refractivity contribution is 5.95. The monoisotopic (exact) mass is 570 g/mol.